The van der Waals surface area contributed by atoms with Crippen LogP contribution < -0.4 is 5.32 Å². The molecule has 0 bridgehead atoms. The number of rotatable bonds is 1. The van der Waals surface area contributed by atoms with Crippen LogP contribution in [0.3, 0.4) is 0 Å². The van der Waals surface area contributed by atoms with E-state index in [1.807, 2.05) is 6.92 Å². The van der Waals surface area contributed by atoms with Gasteiger partial charge in [0.25, 0.3) is 0 Å². The molecule has 1 aliphatic rings. The van der Waals surface area contributed by atoms with Crippen molar-refractivity contribution in [3.63, 3.8) is 0 Å². The SMILES string of the molecule is Cc1cc(F)ccc1C1COC(=O)N1. The van der Waals surface area contributed by atoms with Crippen LogP contribution in [0, 0.1) is 12.7 Å². The van der Waals surface area contributed by atoms with Gasteiger partial charge in [0.05, 0.1) is 6.04 Å². The lowest BCUT2D eigenvalue weighted by atomic mass is 10.0. The molecule has 0 aliphatic carbocycles. The Morgan fingerprint density at radius 1 is 1.57 bits per heavy atom. The second kappa shape index (κ2) is 3.29. The van der Waals surface area contributed by atoms with Gasteiger partial charge in [-0.3, -0.25) is 0 Å². The summed E-state index contributed by atoms with van der Waals surface area (Å²) in [4.78, 5) is 10.8. The summed E-state index contributed by atoms with van der Waals surface area (Å²) in [5.41, 5.74) is 1.72. The number of cyclic esters (lactones) is 1. The molecule has 2 rings (SSSR count). The predicted octanol–water partition coefficient (Wildman–Crippen LogP) is 1.92. The molecule has 1 saturated heterocycles. The van der Waals surface area contributed by atoms with Crippen molar-refractivity contribution < 1.29 is 13.9 Å². The number of hydrogen-bond acceptors (Lipinski definition) is 2. The van der Waals surface area contributed by atoms with Gasteiger partial charge in [-0.15, -0.1) is 0 Å². The largest absolute Gasteiger partial charge is 0.447 e. The highest BCUT2D eigenvalue weighted by Crippen LogP contribution is 2.22. The molecule has 4 heteroatoms. The average Bonchev–Trinajstić information content (AvgIpc) is 2.51. The van der Waals surface area contributed by atoms with Gasteiger partial charge in [-0.25, -0.2) is 9.18 Å². The first-order chi connectivity index (χ1) is 6.66. The lowest BCUT2D eigenvalue weighted by Crippen LogP contribution is -2.19. The predicted molar refractivity (Wildman–Crippen MR) is 48.4 cm³/mol. The molecule has 0 spiro atoms. The number of hydrogen-bond donors (Lipinski definition) is 1. The van der Waals surface area contributed by atoms with Gasteiger partial charge in [-0.2, -0.15) is 0 Å². The summed E-state index contributed by atoms with van der Waals surface area (Å²) in [5.74, 6) is -0.267. The Morgan fingerprint density at radius 2 is 2.36 bits per heavy atom. The van der Waals surface area contributed by atoms with E-state index in [-0.39, 0.29) is 11.9 Å². The molecule has 1 aliphatic heterocycles. The summed E-state index contributed by atoms with van der Waals surface area (Å²) < 4.78 is 17.6. The van der Waals surface area contributed by atoms with E-state index in [1.54, 1.807) is 6.07 Å². The van der Waals surface area contributed by atoms with Gasteiger partial charge in [0, 0.05) is 0 Å². The molecule has 1 amide bonds. The number of aryl methyl sites for hydroxylation is 1. The fraction of sp³-hybridized carbons (Fsp3) is 0.300. The van der Waals surface area contributed by atoms with Crippen LogP contribution in [0.2, 0.25) is 0 Å². The third-order valence-corrected chi connectivity index (χ3v) is 2.28. The molecule has 74 valence electrons. The van der Waals surface area contributed by atoms with Gasteiger partial charge in [-0.05, 0) is 30.2 Å². The minimum absolute atomic E-state index is 0.150. The topological polar surface area (TPSA) is 38.3 Å². The molecule has 0 radical (unpaired) electrons. The third-order valence-electron chi connectivity index (χ3n) is 2.28. The van der Waals surface area contributed by atoms with Crippen LogP contribution in [0.15, 0.2) is 18.2 Å². The number of amides is 1. The van der Waals surface area contributed by atoms with E-state index in [0.29, 0.717) is 6.61 Å². The van der Waals surface area contributed by atoms with Crippen molar-refractivity contribution >= 4 is 6.09 Å². The molecule has 1 aromatic carbocycles. The van der Waals surface area contributed by atoms with Crippen LogP contribution in [0.1, 0.15) is 17.2 Å². The van der Waals surface area contributed by atoms with Crippen molar-refractivity contribution in [2.75, 3.05) is 6.61 Å². The highest BCUT2D eigenvalue weighted by Gasteiger charge is 2.24. The maximum absolute atomic E-state index is 12.8. The molecule has 1 N–H and O–H groups in total. The molecule has 1 fully saturated rings. The van der Waals surface area contributed by atoms with E-state index in [0.717, 1.165) is 11.1 Å². The van der Waals surface area contributed by atoms with Crippen molar-refractivity contribution in [1.82, 2.24) is 5.32 Å². The number of alkyl carbamates (subject to hydrolysis) is 1. The number of halogens is 1. The standard InChI is InChI=1S/C10H10FNO2/c1-6-4-7(11)2-3-8(6)9-5-14-10(13)12-9/h2-4,9H,5H2,1H3,(H,12,13). The zero-order valence-corrected chi connectivity index (χ0v) is 7.71. The first-order valence-electron chi connectivity index (χ1n) is 4.36. The molecule has 1 atom stereocenters. The van der Waals surface area contributed by atoms with Crippen LogP contribution >= 0.6 is 0 Å². The summed E-state index contributed by atoms with van der Waals surface area (Å²) >= 11 is 0. The minimum Gasteiger partial charge on any atom is -0.447 e. The van der Waals surface area contributed by atoms with Crippen LogP contribution in [0.25, 0.3) is 0 Å². The molecule has 1 heterocycles. The highest BCUT2D eigenvalue weighted by atomic mass is 19.1. The number of carbonyl (C=O) groups is 1. The lowest BCUT2D eigenvalue weighted by molar-refractivity contribution is 0.177. The molecule has 14 heavy (non-hydrogen) atoms. The Bertz CT molecular complexity index is 378. The van der Waals surface area contributed by atoms with E-state index in [4.69, 9.17) is 4.74 Å². The Labute approximate surface area is 80.9 Å². The maximum Gasteiger partial charge on any atom is 0.407 e. The Kier molecular flexibility index (Phi) is 2.11. The molecule has 3 nitrogen and oxygen atoms in total. The molecule has 1 aromatic rings. The van der Waals surface area contributed by atoms with E-state index in [1.165, 1.54) is 12.1 Å². The van der Waals surface area contributed by atoms with Gasteiger partial charge in [0.1, 0.15) is 12.4 Å². The molecular weight excluding hydrogens is 185 g/mol. The minimum atomic E-state index is -0.418. The normalized spacial score (nSPS) is 20.4. The van der Waals surface area contributed by atoms with Gasteiger partial charge in [0.15, 0.2) is 0 Å². The smallest absolute Gasteiger partial charge is 0.407 e. The van der Waals surface area contributed by atoms with Crippen LogP contribution in [0.4, 0.5) is 9.18 Å². The van der Waals surface area contributed by atoms with E-state index >= 15 is 0 Å². The number of benzene rings is 1. The van der Waals surface area contributed by atoms with Crippen molar-refractivity contribution in [3.05, 3.63) is 35.1 Å². The Hall–Kier alpha value is -1.58. The van der Waals surface area contributed by atoms with Gasteiger partial charge < -0.3 is 10.1 Å². The van der Waals surface area contributed by atoms with Crippen LogP contribution in [-0.4, -0.2) is 12.7 Å². The van der Waals surface area contributed by atoms with Crippen molar-refractivity contribution in [3.8, 4) is 0 Å². The molecule has 1 unspecified atom stereocenters. The second-order valence-corrected chi connectivity index (χ2v) is 3.30. The summed E-state index contributed by atoms with van der Waals surface area (Å²) in [5, 5.41) is 2.65. The van der Waals surface area contributed by atoms with Gasteiger partial charge in [0.2, 0.25) is 0 Å². The number of nitrogens with one attached hydrogen (secondary N) is 1. The highest BCUT2D eigenvalue weighted by molar-refractivity contribution is 5.70. The summed E-state index contributed by atoms with van der Waals surface area (Å²) in [6, 6.07) is 4.35. The fourth-order valence-corrected chi connectivity index (χ4v) is 1.58. The zero-order chi connectivity index (χ0) is 10.1. The van der Waals surface area contributed by atoms with Gasteiger partial charge >= 0.3 is 6.09 Å². The summed E-state index contributed by atoms with van der Waals surface area (Å²) in [6.45, 7) is 2.12. The summed E-state index contributed by atoms with van der Waals surface area (Å²) in [7, 11) is 0. The van der Waals surface area contributed by atoms with Crippen molar-refractivity contribution in [1.29, 1.82) is 0 Å². The molecule has 0 aromatic heterocycles. The van der Waals surface area contributed by atoms with Crippen molar-refractivity contribution in [2.45, 2.75) is 13.0 Å². The quantitative estimate of drug-likeness (QED) is 0.743. The molecular formula is C10H10FNO2. The average molecular weight is 195 g/mol. The Balaban J connectivity index is 2.28. The monoisotopic (exact) mass is 195 g/mol. The first-order valence-corrected chi connectivity index (χ1v) is 4.36. The summed E-state index contributed by atoms with van der Waals surface area (Å²) in [6.07, 6.45) is -0.418. The number of ether oxygens (including phenoxy) is 1. The van der Waals surface area contributed by atoms with E-state index in [9.17, 15) is 9.18 Å². The van der Waals surface area contributed by atoms with Crippen LogP contribution in [-0.2, 0) is 4.74 Å². The number of carbonyl (C=O) groups excluding carboxylic acids is 1. The van der Waals surface area contributed by atoms with Crippen LogP contribution in [0.5, 0.6) is 0 Å². The molecule has 0 saturated carbocycles. The fourth-order valence-electron chi connectivity index (χ4n) is 1.58. The first kappa shape index (κ1) is 8.99. The van der Waals surface area contributed by atoms with E-state index in [2.05, 4.69) is 5.32 Å². The second-order valence-electron chi connectivity index (χ2n) is 3.30. The zero-order valence-electron chi connectivity index (χ0n) is 7.71. The van der Waals surface area contributed by atoms with E-state index < -0.39 is 6.09 Å². The third kappa shape index (κ3) is 1.55. The Morgan fingerprint density at radius 3 is 2.93 bits per heavy atom. The van der Waals surface area contributed by atoms with Crippen molar-refractivity contribution in [2.24, 2.45) is 0 Å². The lowest BCUT2D eigenvalue weighted by Gasteiger charge is -2.10. The maximum atomic E-state index is 12.8. The van der Waals surface area contributed by atoms with Gasteiger partial charge in [-0.1, -0.05) is 6.07 Å².